The molecule has 7 heteroatoms. The molecule has 0 unspecified atom stereocenters. The molecule has 1 N–H and O–H groups in total. The van der Waals surface area contributed by atoms with Crippen LogP contribution in [-0.4, -0.2) is 27.6 Å². The third kappa shape index (κ3) is 5.92. The number of rotatable bonds is 8. The molecule has 0 saturated carbocycles. The first-order valence-electron chi connectivity index (χ1n) is 10.9. The molecule has 0 atom stereocenters. The summed E-state index contributed by atoms with van der Waals surface area (Å²) >= 11 is 6.72. The second-order valence-corrected chi connectivity index (χ2v) is 9.35. The maximum atomic E-state index is 12.9. The van der Waals surface area contributed by atoms with Gasteiger partial charge in [-0.05, 0) is 47.4 Å². The van der Waals surface area contributed by atoms with E-state index in [1.165, 1.54) is 11.8 Å². The number of nitrogens with one attached hydrogen (secondary N) is 1. The molecule has 0 aliphatic carbocycles. The molecule has 1 heterocycles. The van der Waals surface area contributed by atoms with Gasteiger partial charge in [0.05, 0.1) is 11.4 Å². The number of ether oxygens (including phenoxy) is 1. The third-order valence-electron chi connectivity index (χ3n) is 5.26. The highest BCUT2D eigenvalue weighted by atomic mass is 32.2. The minimum absolute atomic E-state index is 0.110. The molecule has 0 aromatic heterocycles. The van der Waals surface area contributed by atoms with E-state index in [0.29, 0.717) is 21.5 Å². The maximum absolute atomic E-state index is 12.9. The highest BCUT2D eigenvalue weighted by molar-refractivity contribution is 8.26. The van der Waals surface area contributed by atoms with Crippen LogP contribution in [0.15, 0.2) is 83.8 Å². The largest absolute Gasteiger partial charge is 0.484 e. The number of amides is 2. The van der Waals surface area contributed by atoms with Crippen LogP contribution in [0.25, 0.3) is 6.08 Å². The van der Waals surface area contributed by atoms with E-state index in [9.17, 15) is 9.59 Å². The number of hydrogen-bond acceptors (Lipinski definition) is 5. The van der Waals surface area contributed by atoms with Gasteiger partial charge in [-0.1, -0.05) is 91.6 Å². The number of aryl methyl sites for hydroxylation is 1. The Bertz CT molecular complexity index is 1240. The number of anilines is 1. The normalized spacial score (nSPS) is 14.5. The average molecular weight is 489 g/mol. The molecule has 3 aromatic carbocycles. The first kappa shape index (κ1) is 23.7. The van der Waals surface area contributed by atoms with Crippen LogP contribution in [-0.2, 0) is 22.6 Å². The van der Waals surface area contributed by atoms with Crippen LogP contribution in [0.5, 0.6) is 5.75 Å². The van der Waals surface area contributed by atoms with Gasteiger partial charge < -0.3 is 10.1 Å². The Balaban J connectivity index is 1.39. The van der Waals surface area contributed by atoms with Gasteiger partial charge in [-0.2, -0.15) is 0 Å². The van der Waals surface area contributed by atoms with Crippen molar-refractivity contribution in [2.24, 2.45) is 0 Å². The lowest BCUT2D eigenvalue weighted by molar-refractivity contribution is -0.122. The van der Waals surface area contributed by atoms with E-state index < -0.39 is 0 Å². The first-order valence-corrected chi connectivity index (χ1v) is 12.2. The van der Waals surface area contributed by atoms with Crippen molar-refractivity contribution < 1.29 is 14.3 Å². The van der Waals surface area contributed by atoms with Gasteiger partial charge in [-0.15, -0.1) is 0 Å². The number of benzene rings is 3. The summed E-state index contributed by atoms with van der Waals surface area (Å²) in [5.74, 6) is 0.208. The molecule has 0 bridgehead atoms. The lowest BCUT2D eigenvalue weighted by atomic mass is 10.1. The van der Waals surface area contributed by atoms with Gasteiger partial charge in [0.1, 0.15) is 10.1 Å². The Labute approximate surface area is 208 Å². The highest BCUT2D eigenvalue weighted by Crippen LogP contribution is 2.34. The van der Waals surface area contributed by atoms with Gasteiger partial charge in [0.25, 0.3) is 11.8 Å². The predicted molar refractivity (Wildman–Crippen MR) is 142 cm³/mol. The van der Waals surface area contributed by atoms with Crippen molar-refractivity contribution >= 4 is 51.9 Å². The molecular weight excluding hydrogens is 464 g/mol. The number of para-hydroxylation sites is 1. The topological polar surface area (TPSA) is 58.6 Å². The zero-order valence-electron chi connectivity index (χ0n) is 18.7. The molecule has 5 nitrogen and oxygen atoms in total. The van der Waals surface area contributed by atoms with Crippen molar-refractivity contribution in [3.63, 3.8) is 0 Å². The average Bonchev–Trinajstić information content (AvgIpc) is 3.11. The van der Waals surface area contributed by atoms with E-state index in [4.69, 9.17) is 17.0 Å². The van der Waals surface area contributed by atoms with Gasteiger partial charge in [-0.3, -0.25) is 14.5 Å². The maximum Gasteiger partial charge on any atom is 0.266 e. The molecule has 3 aromatic rings. The van der Waals surface area contributed by atoms with Gasteiger partial charge in [0.2, 0.25) is 0 Å². The van der Waals surface area contributed by atoms with Crippen molar-refractivity contribution in [3.05, 3.63) is 100 Å². The third-order valence-corrected chi connectivity index (χ3v) is 6.63. The molecule has 1 saturated heterocycles. The van der Waals surface area contributed by atoms with Gasteiger partial charge >= 0.3 is 0 Å². The van der Waals surface area contributed by atoms with Crippen molar-refractivity contribution in [2.45, 2.75) is 19.9 Å². The second-order valence-electron chi connectivity index (χ2n) is 7.67. The van der Waals surface area contributed by atoms with E-state index in [2.05, 4.69) is 5.32 Å². The Kier molecular flexibility index (Phi) is 7.77. The van der Waals surface area contributed by atoms with Crippen molar-refractivity contribution in [1.29, 1.82) is 0 Å². The lowest BCUT2D eigenvalue weighted by Gasteiger charge is -2.14. The molecule has 2 amide bonds. The summed E-state index contributed by atoms with van der Waals surface area (Å²) in [5.41, 5.74) is 3.69. The molecule has 1 aliphatic heterocycles. The Hall–Kier alpha value is -3.42. The smallest absolute Gasteiger partial charge is 0.266 e. The fourth-order valence-corrected chi connectivity index (χ4v) is 4.79. The molecule has 1 fully saturated rings. The molecule has 0 radical (unpaired) electrons. The minimum atomic E-state index is -0.229. The summed E-state index contributed by atoms with van der Waals surface area (Å²) in [7, 11) is 0. The van der Waals surface area contributed by atoms with Crippen LogP contribution in [0, 0.1) is 0 Å². The van der Waals surface area contributed by atoms with E-state index >= 15 is 0 Å². The highest BCUT2D eigenvalue weighted by Gasteiger charge is 2.31. The number of hydrogen-bond donors (Lipinski definition) is 1. The fourth-order valence-electron chi connectivity index (χ4n) is 3.53. The Morgan fingerprint density at radius 2 is 1.82 bits per heavy atom. The molecule has 4 rings (SSSR count). The van der Waals surface area contributed by atoms with Crippen LogP contribution in [0.3, 0.4) is 0 Å². The zero-order valence-corrected chi connectivity index (χ0v) is 20.3. The van der Waals surface area contributed by atoms with Crippen LogP contribution in [0.2, 0.25) is 0 Å². The quantitative estimate of drug-likeness (QED) is 0.327. The van der Waals surface area contributed by atoms with Gasteiger partial charge in [0.15, 0.2) is 6.61 Å². The number of nitrogens with zero attached hydrogens (tertiary/aromatic N) is 1. The van der Waals surface area contributed by atoms with E-state index in [1.54, 1.807) is 23.1 Å². The summed E-state index contributed by atoms with van der Waals surface area (Å²) in [6.07, 6.45) is 2.63. The Morgan fingerprint density at radius 1 is 1.06 bits per heavy atom. The summed E-state index contributed by atoms with van der Waals surface area (Å²) < 4.78 is 6.24. The van der Waals surface area contributed by atoms with Crippen LogP contribution >= 0.6 is 24.0 Å². The van der Waals surface area contributed by atoms with E-state index in [1.807, 2.05) is 73.7 Å². The molecule has 1 aliphatic rings. The lowest BCUT2D eigenvalue weighted by Crippen LogP contribution is -2.27. The molecular formula is C27H24N2O3S2. The standard InChI is InChI=1S/C27H24N2O3S2/c1-2-21-12-6-7-14-23(21)28-25(30)18-32-22-13-8-11-20(15-22)16-24-26(31)29(27(33)34-24)17-19-9-4-3-5-10-19/h3-16H,2,17-18H2,1H3,(H,28,30)/b24-16-. The van der Waals surface area contributed by atoms with Crippen LogP contribution in [0.1, 0.15) is 23.6 Å². The number of carbonyl (C=O) groups excluding carboxylic acids is 2. The van der Waals surface area contributed by atoms with Crippen LogP contribution in [0.4, 0.5) is 5.69 Å². The predicted octanol–water partition coefficient (Wildman–Crippen LogP) is 5.67. The first-order chi connectivity index (χ1) is 16.5. The summed E-state index contributed by atoms with van der Waals surface area (Å²) in [6.45, 7) is 2.38. The number of carbonyl (C=O) groups is 2. The second kappa shape index (κ2) is 11.1. The van der Waals surface area contributed by atoms with E-state index in [0.717, 1.165) is 28.8 Å². The molecule has 34 heavy (non-hydrogen) atoms. The van der Waals surface area contributed by atoms with Gasteiger partial charge in [0, 0.05) is 5.69 Å². The monoisotopic (exact) mass is 488 g/mol. The Morgan fingerprint density at radius 3 is 2.62 bits per heavy atom. The van der Waals surface area contributed by atoms with Crippen LogP contribution < -0.4 is 10.1 Å². The summed E-state index contributed by atoms with van der Waals surface area (Å²) in [5, 5.41) is 2.90. The minimum Gasteiger partial charge on any atom is -0.484 e. The summed E-state index contributed by atoms with van der Waals surface area (Å²) in [6, 6.07) is 24.8. The fraction of sp³-hybridized carbons (Fsp3) is 0.148. The number of thiocarbonyl (C=S) groups is 1. The number of thioether (sulfide) groups is 1. The summed E-state index contributed by atoms with van der Waals surface area (Å²) in [4.78, 5) is 27.5. The van der Waals surface area contributed by atoms with Crippen molar-refractivity contribution in [2.75, 3.05) is 11.9 Å². The van der Waals surface area contributed by atoms with E-state index in [-0.39, 0.29) is 18.4 Å². The molecule has 172 valence electrons. The van der Waals surface area contributed by atoms with Crippen molar-refractivity contribution in [3.8, 4) is 5.75 Å². The van der Waals surface area contributed by atoms with Gasteiger partial charge in [-0.25, -0.2) is 0 Å². The molecule has 0 spiro atoms. The SMILES string of the molecule is CCc1ccccc1NC(=O)COc1cccc(/C=C2\SC(=S)N(Cc3ccccc3)C2=O)c1. The van der Waals surface area contributed by atoms with Crippen molar-refractivity contribution in [1.82, 2.24) is 4.90 Å². The zero-order chi connectivity index (χ0) is 23.9.